The summed E-state index contributed by atoms with van der Waals surface area (Å²) in [5.74, 6) is 0.859. The van der Waals surface area contributed by atoms with Gasteiger partial charge in [0.05, 0.1) is 18.8 Å². The average Bonchev–Trinajstić information content (AvgIpc) is 3.45. The highest BCUT2D eigenvalue weighted by molar-refractivity contribution is 7.99. The van der Waals surface area contributed by atoms with Crippen molar-refractivity contribution in [3.63, 3.8) is 0 Å². The van der Waals surface area contributed by atoms with E-state index in [1.807, 2.05) is 16.4 Å². The van der Waals surface area contributed by atoms with Crippen LogP contribution >= 0.6 is 11.8 Å². The molecule has 1 aliphatic heterocycles. The van der Waals surface area contributed by atoms with Gasteiger partial charge in [0.15, 0.2) is 11.0 Å². The maximum Gasteiger partial charge on any atom is 0.239 e. The van der Waals surface area contributed by atoms with Crippen LogP contribution in [-0.4, -0.2) is 74.2 Å². The first-order chi connectivity index (χ1) is 14.0. The van der Waals surface area contributed by atoms with Crippen molar-refractivity contribution in [2.75, 3.05) is 25.9 Å². The number of nitrogens with zero attached hydrogens (tertiary/aromatic N) is 5. The second-order valence-electron chi connectivity index (χ2n) is 7.65. The van der Waals surface area contributed by atoms with Gasteiger partial charge in [-0.15, -0.1) is 10.2 Å². The van der Waals surface area contributed by atoms with Crippen molar-refractivity contribution in [2.24, 2.45) is 0 Å². The van der Waals surface area contributed by atoms with Crippen LogP contribution in [0.3, 0.4) is 0 Å². The van der Waals surface area contributed by atoms with Crippen LogP contribution in [0.2, 0.25) is 0 Å². The van der Waals surface area contributed by atoms with Crippen LogP contribution in [0, 0.1) is 0 Å². The van der Waals surface area contributed by atoms with Crippen LogP contribution in [0.5, 0.6) is 0 Å². The highest BCUT2D eigenvalue weighted by Gasteiger charge is 2.25. The monoisotopic (exact) mass is 422 g/mol. The number of likely N-dealkylation sites (tertiary alicyclic amines) is 1. The third-order valence-corrected chi connectivity index (χ3v) is 6.14. The number of rotatable bonds is 9. The maximum absolute atomic E-state index is 12.4. The zero-order valence-electron chi connectivity index (χ0n) is 17.2. The molecule has 2 heterocycles. The van der Waals surface area contributed by atoms with E-state index in [9.17, 15) is 14.4 Å². The Morgan fingerprint density at radius 1 is 1.24 bits per heavy atom. The van der Waals surface area contributed by atoms with Crippen LogP contribution in [0.25, 0.3) is 0 Å². The summed E-state index contributed by atoms with van der Waals surface area (Å²) in [5, 5.41) is 12.0. The molecule has 3 rings (SSSR count). The summed E-state index contributed by atoms with van der Waals surface area (Å²) in [6.45, 7) is 3.94. The molecule has 9 nitrogen and oxygen atoms in total. The molecule has 0 radical (unpaired) electrons. The second kappa shape index (κ2) is 10.1. The largest absolute Gasteiger partial charge is 0.352 e. The second-order valence-corrected chi connectivity index (χ2v) is 8.59. The third-order valence-electron chi connectivity index (χ3n) is 5.19. The SMILES string of the molecule is CCn1c(CN2CCCCCC2=O)nnc1SCC(=O)N(C)CC(=O)NC1CC1. The molecule has 1 N–H and O–H groups in total. The molecule has 0 aromatic carbocycles. The Morgan fingerprint density at radius 2 is 2.03 bits per heavy atom. The lowest BCUT2D eigenvalue weighted by molar-refractivity contribution is -0.132. The van der Waals surface area contributed by atoms with Crippen molar-refractivity contribution < 1.29 is 14.4 Å². The van der Waals surface area contributed by atoms with E-state index in [4.69, 9.17) is 0 Å². The molecule has 1 aliphatic carbocycles. The fourth-order valence-corrected chi connectivity index (χ4v) is 4.24. The first kappa shape index (κ1) is 21.6. The Bertz CT molecular complexity index is 748. The van der Waals surface area contributed by atoms with Crippen LogP contribution in [0.15, 0.2) is 5.16 Å². The summed E-state index contributed by atoms with van der Waals surface area (Å²) in [7, 11) is 1.64. The molecule has 29 heavy (non-hydrogen) atoms. The quantitative estimate of drug-likeness (QED) is 0.597. The van der Waals surface area contributed by atoms with Gasteiger partial charge in [-0.05, 0) is 32.6 Å². The number of aromatic nitrogens is 3. The van der Waals surface area contributed by atoms with E-state index >= 15 is 0 Å². The molecule has 2 fully saturated rings. The van der Waals surface area contributed by atoms with Gasteiger partial charge in [0.1, 0.15) is 0 Å². The molecule has 1 saturated carbocycles. The maximum atomic E-state index is 12.4. The fourth-order valence-electron chi connectivity index (χ4n) is 3.28. The van der Waals surface area contributed by atoms with E-state index in [1.54, 1.807) is 7.05 Å². The first-order valence-electron chi connectivity index (χ1n) is 10.3. The van der Waals surface area contributed by atoms with Gasteiger partial charge < -0.3 is 19.7 Å². The van der Waals surface area contributed by atoms with E-state index in [0.29, 0.717) is 24.7 Å². The van der Waals surface area contributed by atoms with E-state index < -0.39 is 0 Å². The van der Waals surface area contributed by atoms with E-state index in [0.717, 1.165) is 44.5 Å². The Morgan fingerprint density at radius 3 is 2.76 bits per heavy atom. The highest BCUT2D eigenvalue weighted by Crippen LogP contribution is 2.20. The van der Waals surface area contributed by atoms with Gasteiger partial charge in [0.2, 0.25) is 17.7 Å². The number of hydrogen-bond donors (Lipinski definition) is 1. The molecule has 2 aliphatic rings. The number of likely N-dealkylation sites (N-methyl/N-ethyl adjacent to an activating group) is 1. The molecule has 1 aromatic rings. The number of amides is 3. The summed E-state index contributed by atoms with van der Waals surface area (Å²) < 4.78 is 1.95. The molecule has 0 bridgehead atoms. The zero-order valence-corrected chi connectivity index (χ0v) is 18.0. The lowest BCUT2D eigenvalue weighted by Crippen LogP contribution is -2.39. The Labute approximate surface area is 175 Å². The normalized spacial score (nSPS) is 17.2. The Hall–Kier alpha value is -2.10. The predicted octanol–water partition coefficient (Wildman–Crippen LogP) is 1.03. The number of thioether (sulfide) groups is 1. The van der Waals surface area contributed by atoms with Gasteiger partial charge in [-0.1, -0.05) is 18.2 Å². The Balaban J connectivity index is 1.53. The van der Waals surface area contributed by atoms with Gasteiger partial charge in [-0.3, -0.25) is 14.4 Å². The van der Waals surface area contributed by atoms with Gasteiger partial charge in [0, 0.05) is 32.6 Å². The minimum atomic E-state index is -0.129. The number of hydrogen-bond acceptors (Lipinski definition) is 6. The Kier molecular flexibility index (Phi) is 7.51. The third kappa shape index (κ3) is 6.19. The zero-order chi connectivity index (χ0) is 20.8. The van der Waals surface area contributed by atoms with Crippen molar-refractivity contribution in [3.05, 3.63) is 5.82 Å². The molecule has 0 atom stereocenters. The van der Waals surface area contributed by atoms with Gasteiger partial charge >= 0.3 is 0 Å². The molecule has 10 heteroatoms. The molecule has 1 aromatic heterocycles. The smallest absolute Gasteiger partial charge is 0.239 e. The summed E-state index contributed by atoms with van der Waals surface area (Å²) in [6.07, 6.45) is 5.69. The van der Waals surface area contributed by atoms with E-state index in [1.165, 1.54) is 16.7 Å². The number of carbonyl (C=O) groups is 3. The standard InChI is InChI=1S/C19H30N6O3S/c1-3-25-15(11-24-10-6-4-5-7-17(24)27)21-22-19(25)29-13-18(28)23(2)12-16(26)20-14-8-9-14/h14H,3-13H2,1-2H3,(H,20,26). The summed E-state index contributed by atoms with van der Waals surface area (Å²) in [4.78, 5) is 39.8. The summed E-state index contributed by atoms with van der Waals surface area (Å²) in [5.41, 5.74) is 0. The van der Waals surface area contributed by atoms with Crippen LogP contribution in [-0.2, 0) is 27.5 Å². The molecule has 1 saturated heterocycles. The minimum absolute atomic E-state index is 0.0681. The fraction of sp³-hybridized carbons (Fsp3) is 0.737. The van der Waals surface area contributed by atoms with Gasteiger partial charge in [0.25, 0.3) is 0 Å². The molecule has 160 valence electrons. The summed E-state index contributed by atoms with van der Waals surface area (Å²) in [6, 6.07) is 0.290. The summed E-state index contributed by atoms with van der Waals surface area (Å²) >= 11 is 1.31. The molecule has 3 amide bonds. The van der Waals surface area contributed by atoms with Gasteiger partial charge in [-0.2, -0.15) is 0 Å². The topological polar surface area (TPSA) is 100 Å². The lowest BCUT2D eigenvalue weighted by Gasteiger charge is -2.20. The molecular formula is C19H30N6O3S. The van der Waals surface area contributed by atoms with Crippen LogP contribution in [0.1, 0.15) is 51.3 Å². The number of nitrogens with one attached hydrogen (secondary N) is 1. The molecule has 0 unspecified atom stereocenters. The minimum Gasteiger partial charge on any atom is -0.352 e. The molecule has 0 spiro atoms. The van der Waals surface area contributed by atoms with Gasteiger partial charge in [-0.25, -0.2) is 0 Å². The lowest BCUT2D eigenvalue weighted by atomic mass is 10.2. The van der Waals surface area contributed by atoms with Crippen molar-refractivity contribution in [1.82, 2.24) is 29.9 Å². The first-order valence-corrected chi connectivity index (χ1v) is 11.3. The molecular weight excluding hydrogens is 392 g/mol. The van der Waals surface area contributed by atoms with E-state index in [-0.39, 0.29) is 36.1 Å². The van der Waals surface area contributed by atoms with Crippen molar-refractivity contribution in [1.29, 1.82) is 0 Å². The van der Waals surface area contributed by atoms with Crippen LogP contribution in [0.4, 0.5) is 0 Å². The van der Waals surface area contributed by atoms with Crippen LogP contribution < -0.4 is 5.32 Å². The average molecular weight is 423 g/mol. The highest BCUT2D eigenvalue weighted by atomic mass is 32.2. The predicted molar refractivity (Wildman–Crippen MR) is 109 cm³/mol. The number of carbonyl (C=O) groups excluding carboxylic acids is 3. The van der Waals surface area contributed by atoms with Crippen molar-refractivity contribution >= 4 is 29.5 Å². The van der Waals surface area contributed by atoms with Crippen molar-refractivity contribution in [2.45, 2.75) is 69.7 Å². The van der Waals surface area contributed by atoms with E-state index in [2.05, 4.69) is 15.5 Å². The van der Waals surface area contributed by atoms with Crippen molar-refractivity contribution in [3.8, 4) is 0 Å².